The number of anilines is 1. The zero-order valence-electron chi connectivity index (χ0n) is 17.6. The molecule has 1 aromatic carbocycles. The number of nitrogens with zero attached hydrogens (tertiary/aromatic N) is 2. The summed E-state index contributed by atoms with van der Waals surface area (Å²) in [4.78, 5) is 38.5. The minimum Gasteiger partial charge on any atom is -0.492 e. The molecule has 8 nitrogen and oxygen atoms in total. The number of nitrogens with one attached hydrogen (secondary N) is 1. The zero-order chi connectivity index (χ0) is 22.5. The highest BCUT2D eigenvalue weighted by atomic mass is 32.1. The number of para-hydroxylation sites is 1. The first-order chi connectivity index (χ1) is 15.6. The number of fused-ring (bicyclic) bond motifs is 1. The van der Waals surface area contributed by atoms with Gasteiger partial charge in [-0.3, -0.25) is 9.59 Å². The van der Waals surface area contributed by atoms with E-state index in [1.807, 2.05) is 30.3 Å². The number of esters is 1. The second kappa shape index (κ2) is 9.78. The summed E-state index contributed by atoms with van der Waals surface area (Å²) in [6, 6.07) is 11.9. The fourth-order valence-corrected chi connectivity index (χ4v) is 4.91. The number of hydrogen-bond acceptors (Lipinski definition) is 7. The summed E-state index contributed by atoms with van der Waals surface area (Å²) in [5.74, 6) is -0.270. The number of aryl methyl sites for hydroxylation is 1. The van der Waals surface area contributed by atoms with E-state index in [-0.39, 0.29) is 24.4 Å². The van der Waals surface area contributed by atoms with Crippen LogP contribution in [-0.2, 0) is 24.1 Å². The molecule has 166 valence electrons. The van der Waals surface area contributed by atoms with Crippen LogP contribution in [0.2, 0.25) is 0 Å². The molecule has 1 amide bonds. The van der Waals surface area contributed by atoms with E-state index < -0.39 is 11.9 Å². The lowest BCUT2D eigenvalue weighted by molar-refractivity contribution is 0.0601. The van der Waals surface area contributed by atoms with E-state index in [4.69, 9.17) is 9.47 Å². The summed E-state index contributed by atoms with van der Waals surface area (Å²) in [5, 5.41) is 7.43. The number of carbonyl (C=O) groups excluding carboxylic acids is 2. The average Bonchev–Trinajstić information content (AvgIpc) is 3.18. The first-order valence-electron chi connectivity index (χ1n) is 10.4. The molecule has 0 saturated heterocycles. The maximum atomic E-state index is 12.9. The summed E-state index contributed by atoms with van der Waals surface area (Å²) < 4.78 is 11.8. The van der Waals surface area contributed by atoms with Crippen molar-refractivity contribution in [2.24, 2.45) is 0 Å². The van der Waals surface area contributed by atoms with Crippen LogP contribution in [0.25, 0.3) is 0 Å². The van der Waals surface area contributed by atoms with E-state index in [0.717, 1.165) is 36.1 Å². The molecule has 2 heterocycles. The molecule has 2 aromatic heterocycles. The third kappa shape index (κ3) is 4.72. The maximum Gasteiger partial charge on any atom is 0.341 e. The Labute approximate surface area is 188 Å². The van der Waals surface area contributed by atoms with Gasteiger partial charge in [-0.05, 0) is 49.4 Å². The lowest BCUT2D eigenvalue weighted by Crippen LogP contribution is -2.28. The van der Waals surface area contributed by atoms with Gasteiger partial charge < -0.3 is 14.8 Å². The standard InChI is InChI=1S/C23H23N3O5S/c1-30-23(29)20-16-9-5-6-10-18(16)32-22(20)24-21(28)17-11-12-19(27)26(25-17)13-14-31-15-7-3-2-4-8-15/h2-4,7-8,11-12H,5-6,9-10,13-14H2,1H3,(H,24,28). The number of hydrogen-bond donors (Lipinski definition) is 1. The largest absolute Gasteiger partial charge is 0.492 e. The lowest BCUT2D eigenvalue weighted by Gasteiger charge is -2.12. The molecule has 4 rings (SSSR count). The lowest BCUT2D eigenvalue weighted by atomic mass is 9.95. The number of benzene rings is 1. The van der Waals surface area contributed by atoms with Crippen molar-refractivity contribution in [2.45, 2.75) is 32.2 Å². The number of methoxy groups -OCH3 is 1. The predicted octanol–water partition coefficient (Wildman–Crippen LogP) is 3.30. The Morgan fingerprint density at radius 2 is 1.91 bits per heavy atom. The highest BCUT2D eigenvalue weighted by molar-refractivity contribution is 7.17. The molecule has 0 atom stereocenters. The van der Waals surface area contributed by atoms with Gasteiger partial charge in [0.1, 0.15) is 23.1 Å². The molecule has 0 bridgehead atoms. The van der Waals surface area contributed by atoms with Crippen LogP contribution < -0.4 is 15.6 Å². The number of rotatable bonds is 7. The van der Waals surface area contributed by atoms with Gasteiger partial charge in [-0.2, -0.15) is 5.10 Å². The van der Waals surface area contributed by atoms with Crippen LogP contribution in [-0.4, -0.2) is 35.4 Å². The topological polar surface area (TPSA) is 99.5 Å². The first-order valence-corrected chi connectivity index (χ1v) is 11.2. The van der Waals surface area contributed by atoms with Crippen molar-refractivity contribution in [3.8, 4) is 5.75 Å². The van der Waals surface area contributed by atoms with E-state index >= 15 is 0 Å². The van der Waals surface area contributed by atoms with Gasteiger partial charge in [0.2, 0.25) is 0 Å². The molecular formula is C23H23N3O5S. The van der Waals surface area contributed by atoms with Crippen molar-refractivity contribution in [2.75, 3.05) is 19.0 Å². The van der Waals surface area contributed by atoms with Crippen LogP contribution in [0.5, 0.6) is 5.75 Å². The third-order valence-corrected chi connectivity index (χ3v) is 6.41. The Morgan fingerprint density at radius 1 is 1.12 bits per heavy atom. The van der Waals surface area contributed by atoms with Gasteiger partial charge in [-0.1, -0.05) is 18.2 Å². The van der Waals surface area contributed by atoms with Gasteiger partial charge in [0.05, 0.1) is 19.2 Å². The molecule has 0 radical (unpaired) electrons. The number of ether oxygens (including phenoxy) is 2. The molecule has 1 aliphatic rings. The van der Waals surface area contributed by atoms with Crippen LogP contribution in [0.4, 0.5) is 5.00 Å². The predicted molar refractivity (Wildman–Crippen MR) is 121 cm³/mol. The fourth-order valence-electron chi connectivity index (χ4n) is 3.64. The van der Waals surface area contributed by atoms with Gasteiger partial charge in [-0.15, -0.1) is 11.3 Å². The molecule has 0 aliphatic heterocycles. The molecule has 1 N–H and O–H groups in total. The molecule has 9 heteroatoms. The summed E-state index contributed by atoms with van der Waals surface area (Å²) in [5.41, 5.74) is 1.12. The minimum absolute atomic E-state index is 0.0755. The monoisotopic (exact) mass is 453 g/mol. The average molecular weight is 454 g/mol. The molecule has 0 spiro atoms. The highest BCUT2D eigenvalue weighted by Crippen LogP contribution is 2.38. The van der Waals surface area contributed by atoms with Crippen molar-refractivity contribution in [1.29, 1.82) is 0 Å². The zero-order valence-corrected chi connectivity index (χ0v) is 18.4. The van der Waals surface area contributed by atoms with Crippen LogP contribution in [0.1, 0.15) is 44.1 Å². The molecule has 0 unspecified atom stereocenters. The number of carbonyl (C=O) groups is 2. The second-order valence-corrected chi connectivity index (χ2v) is 8.41. The Kier molecular flexibility index (Phi) is 6.65. The first kappa shape index (κ1) is 21.8. The normalized spacial score (nSPS) is 12.7. The van der Waals surface area contributed by atoms with E-state index in [1.54, 1.807) is 0 Å². The van der Waals surface area contributed by atoms with Gasteiger partial charge in [0.15, 0.2) is 0 Å². The van der Waals surface area contributed by atoms with Gasteiger partial charge in [-0.25, -0.2) is 9.48 Å². The van der Waals surface area contributed by atoms with Crippen molar-refractivity contribution in [3.63, 3.8) is 0 Å². The van der Waals surface area contributed by atoms with E-state index in [1.165, 1.54) is 35.3 Å². The number of aromatic nitrogens is 2. The Morgan fingerprint density at radius 3 is 2.69 bits per heavy atom. The van der Waals surface area contributed by atoms with Gasteiger partial charge in [0, 0.05) is 10.9 Å². The van der Waals surface area contributed by atoms with Crippen LogP contribution in [0, 0.1) is 0 Å². The number of amides is 1. The van der Waals surface area contributed by atoms with E-state index in [9.17, 15) is 14.4 Å². The summed E-state index contributed by atoms with van der Waals surface area (Å²) in [6.07, 6.45) is 3.72. The molecular weight excluding hydrogens is 430 g/mol. The summed E-state index contributed by atoms with van der Waals surface area (Å²) in [6.45, 7) is 0.418. The maximum absolute atomic E-state index is 12.9. The van der Waals surface area contributed by atoms with Crippen molar-refractivity contribution >= 4 is 28.2 Å². The van der Waals surface area contributed by atoms with Gasteiger partial charge in [0.25, 0.3) is 11.5 Å². The molecule has 32 heavy (non-hydrogen) atoms. The minimum atomic E-state index is -0.494. The van der Waals surface area contributed by atoms with Crippen LogP contribution >= 0.6 is 11.3 Å². The summed E-state index contributed by atoms with van der Waals surface area (Å²) >= 11 is 1.40. The highest BCUT2D eigenvalue weighted by Gasteiger charge is 2.27. The molecule has 0 saturated carbocycles. The Balaban J connectivity index is 1.50. The quantitative estimate of drug-likeness (QED) is 0.551. The van der Waals surface area contributed by atoms with Crippen molar-refractivity contribution < 1.29 is 19.1 Å². The Bertz CT molecular complexity index is 1190. The molecule has 3 aromatic rings. The van der Waals surface area contributed by atoms with Crippen molar-refractivity contribution in [1.82, 2.24) is 9.78 Å². The second-order valence-electron chi connectivity index (χ2n) is 7.30. The van der Waals surface area contributed by atoms with E-state index in [2.05, 4.69) is 10.4 Å². The third-order valence-electron chi connectivity index (χ3n) is 5.20. The fraction of sp³-hybridized carbons (Fsp3) is 0.304. The smallest absolute Gasteiger partial charge is 0.341 e. The van der Waals surface area contributed by atoms with Crippen LogP contribution in [0.15, 0.2) is 47.3 Å². The molecule has 1 aliphatic carbocycles. The molecule has 0 fully saturated rings. The van der Waals surface area contributed by atoms with E-state index in [0.29, 0.717) is 16.3 Å². The van der Waals surface area contributed by atoms with Crippen molar-refractivity contribution in [3.05, 3.63) is 74.5 Å². The Hall–Kier alpha value is -3.46. The SMILES string of the molecule is COC(=O)c1c(NC(=O)c2ccc(=O)n(CCOc3ccccc3)n2)sc2c1CCCC2. The summed E-state index contributed by atoms with van der Waals surface area (Å²) in [7, 11) is 1.33. The number of thiophene rings is 1. The van der Waals surface area contributed by atoms with Crippen LogP contribution in [0.3, 0.4) is 0 Å². The van der Waals surface area contributed by atoms with Gasteiger partial charge >= 0.3 is 5.97 Å².